The summed E-state index contributed by atoms with van der Waals surface area (Å²) >= 11 is 0. The van der Waals surface area contributed by atoms with Crippen LogP contribution in [-0.2, 0) is 4.74 Å². The van der Waals surface area contributed by atoms with Crippen molar-refractivity contribution in [2.75, 3.05) is 19.6 Å². The number of nitrogens with two attached hydrogens (primary N) is 1. The molecule has 1 aliphatic rings. The van der Waals surface area contributed by atoms with Crippen LogP contribution < -0.4 is 5.73 Å². The topological polar surface area (TPSA) is 55.6 Å². The largest absolute Gasteiger partial charge is 0.444 e. The van der Waals surface area contributed by atoms with Gasteiger partial charge in [-0.1, -0.05) is 29.3 Å². The van der Waals surface area contributed by atoms with Crippen LogP contribution in [0.3, 0.4) is 0 Å². The van der Waals surface area contributed by atoms with Gasteiger partial charge >= 0.3 is 6.09 Å². The average molecular weight is 332 g/mol. The predicted molar refractivity (Wildman–Crippen MR) is 98.2 cm³/mol. The van der Waals surface area contributed by atoms with E-state index in [1.165, 1.54) is 16.7 Å². The average Bonchev–Trinajstić information content (AvgIpc) is 2.46. The van der Waals surface area contributed by atoms with Crippen LogP contribution in [-0.4, -0.2) is 36.2 Å². The van der Waals surface area contributed by atoms with Crippen molar-refractivity contribution in [3.63, 3.8) is 0 Å². The van der Waals surface area contributed by atoms with E-state index in [1.54, 1.807) is 0 Å². The molecule has 4 nitrogen and oxygen atoms in total. The zero-order chi connectivity index (χ0) is 17.9. The third kappa shape index (κ3) is 4.97. The number of hydrogen-bond donors (Lipinski definition) is 1. The first-order valence-corrected chi connectivity index (χ1v) is 8.96. The lowest BCUT2D eigenvalue weighted by molar-refractivity contribution is 0.0175. The molecule has 1 atom stereocenters. The van der Waals surface area contributed by atoms with Gasteiger partial charge in [0, 0.05) is 13.1 Å². The van der Waals surface area contributed by atoms with Crippen LogP contribution in [0, 0.1) is 19.8 Å². The zero-order valence-corrected chi connectivity index (χ0v) is 15.8. The van der Waals surface area contributed by atoms with Gasteiger partial charge in [-0.3, -0.25) is 0 Å². The zero-order valence-electron chi connectivity index (χ0n) is 15.8. The summed E-state index contributed by atoms with van der Waals surface area (Å²) in [7, 11) is 0. The summed E-state index contributed by atoms with van der Waals surface area (Å²) in [6.45, 7) is 12.1. The Kier molecular flexibility index (Phi) is 5.92. The summed E-state index contributed by atoms with van der Waals surface area (Å²) in [5, 5.41) is 0. The quantitative estimate of drug-likeness (QED) is 0.910. The van der Waals surface area contributed by atoms with Crippen molar-refractivity contribution in [3.05, 3.63) is 34.9 Å². The summed E-state index contributed by atoms with van der Waals surface area (Å²) in [4.78, 5) is 14.0. The molecule has 1 aromatic carbocycles. The SMILES string of the molecule is Cc1cc(C)cc(C(CN)C2CCN(C(=O)OC(C)(C)C)CC2)c1. The van der Waals surface area contributed by atoms with Gasteiger partial charge < -0.3 is 15.4 Å². The molecule has 1 fully saturated rings. The minimum Gasteiger partial charge on any atom is -0.444 e. The molecule has 4 heteroatoms. The van der Waals surface area contributed by atoms with Gasteiger partial charge in [-0.05, 0) is 71.4 Å². The number of ether oxygens (including phenoxy) is 1. The molecule has 1 heterocycles. The maximum atomic E-state index is 12.2. The Balaban J connectivity index is 2.00. The van der Waals surface area contributed by atoms with Gasteiger partial charge in [0.15, 0.2) is 0 Å². The number of nitrogens with zero attached hydrogens (tertiary/aromatic N) is 1. The first-order chi connectivity index (χ1) is 11.2. The molecule has 0 aliphatic carbocycles. The van der Waals surface area contributed by atoms with E-state index in [0.29, 0.717) is 18.4 Å². The summed E-state index contributed by atoms with van der Waals surface area (Å²) in [6.07, 6.45) is 1.76. The van der Waals surface area contributed by atoms with Crippen molar-refractivity contribution < 1.29 is 9.53 Å². The van der Waals surface area contributed by atoms with Gasteiger partial charge in [-0.2, -0.15) is 0 Å². The van der Waals surface area contributed by atoms with Crippen LogP contribution in [0.5, 0.6) is 0 Å². The van der Waals surface area contributed by atoms with Gasteiger partial charge in [0.05, 0.1) is 0 Å². The Labute approximate surface area is 146 Å². The summed E-state index contributed by atoms with van der Waals surface area (Å²) in [5.74, 6) is 0.888. The molecular weight excluding hydrogens is 300 g/mol. The monoisotopic (exact) mass is 332 g/mol. The highest BCUT2D eigenvalue weighted by molar-refractivity contribution is 5.68. The summed E-state index contributed by atoms with van der Waals surface area (Å²) in [5.41, 5.74) is 9.58. The molecule has 1 saturated heterocycles. The second kappa shape index (κ2) is 7.56. The van der Waals surface area contributed by atoms with Crippen molar-refractivity contribution in [2.45, 2.75) is 59.0 Å². The molecule has 1 aromatic rings. The molecule has 134 valence electrons. The molecule has 2 rings (SSSR count). The van der Waals surface area contributed by atoms with Crippen molar-refractivity contribution >= 4 is 6.09 Å². The van der Waals surface area contributed by atoms with Gasteiger partial charge in [0.2, 0.25) is 0 Å². The Hall–Kier alpha value is -1.55. The number of piperidine rings is 1. The van der Waals surface area contributed by atoms with Gasteiger partial charge in [0.25, 0.3) is 0 Å². The molecule has 2 N–H and O–H groups in total. The van der Waals surface area contributed by atoms with E-state index in [9.17, 15) is 4.79 Å². The Morgan fingerprint density at radius 1 is 1.21 bits per heavy atom. The molecule has 24 heavy (non-hydrogen) atoms. The van der Waals surface area contributed by atoms with E-state index < -0.39 is 5.60 Å². The van der Waals surface area contributed by atoms with Gasteiger partial charge in [0.1, 0.15) is 5.60 Å². The molecule has 1 aliphatic heterocycles. The molecule has 1 unspecified atom stereocenters. The normalized spacial score (nSPS) is 17.7. The van der Waals surface area contributed by atoms with Gasteiger partial charge in [-0.25, -0.2) is 4.79 Å². The fourth-order valence-corrected chi connectivity index (χ4v) is 3.64. The van der Waals surface area contributed by atoms with Crippen molar-refractivity contribution in [2.24, 2.45) is 11.7 Å². The third-order valence-electron chi connectivity index (χ3n) is 4.69. The second-order valence-electron chi connectivity index (χ2n) is 8.07. The Bertz CT molecular complexity index is 549. The Morgan fingerprint density at radius 3 is 2.21 bits per heavy atom. The Morgan fingerprint density at radius 2 is 1.75 bits per heavy atom. The lowest BCUT2D eigenvalue weighted by Gasteiger charge is -2.36. The minimum atomic E-state index is -0.438. The van der Waals surface area contributed by atoms with Gasteiger partial charge in [-0.15, -0.1) is 0 Å². The maximum absolute atomic E-state index is 12.2. The molecule has 0 bridgehead atoms. The number of aryl methyl sites for hydroxylation is 2. The fraction of sp³-hybridized carbons (Fsp3) is 0.650. The highest BCUT2D eigenvalue weighted by Gasteiger charge is 2.30. The molecule has 0 aromatic heterocycles. The van der Waals surface area contributed by atoms with Crippen LogP contribution in [0.4, 0.5) is 4.79 Å². The lowest BCUT2D eigenvalue weighted by atomic mass is 9.79. The number of rotatable bonds is 3. The number of benzene rings is 1. The van der Waals surface area contributed by atoms with Crippen LogP contribution >= 0.6 is 0 Å². The van der Waals surface area contributed by atoms with E-state index >= 15 is 0 Å². The van der Waals surface area contributed by atoms with E-state index in [0.717, 1.165) is 25.9 Å². The number of amides is 1. The van der Waals surface area contributed by atoms with Crippen LogP contribution in [0.2, 0.25) is 0 Å². The third-order valence-corrected chi connectivity index (χ3v) is 4.69. The molecule has 0 spiro atoms. The number of carbonyl (C=O) groups excluding carboxylic acids is 1. The van der Waals surface area contributed by atoms with E-state index in [4.69, 9.17) is 10.5 Å². The molecular formula is C20H32N2O2. The number of carbonyl (C=O) groups is 1. The van der Waals surface area contributed by atoms with Crippen molar-refractivity contribution in [1.82, 2.24) is 4.90 Å². The summed E-state index contributed by atoms with van der Waals surface area (Å²) < 4.78 is 5.48. The van der Waals surface area contributed by atoms with Crippen LogP contribution in [0.25, 0.3) is 0 Å². The molecule has 0 radical (unpaired) electrons. The first-order valence-electron chi connectivity index (χ1n) is 8.96. The number of likely N-dealkylation sites (tertiary alicyclic amines) is 1. The number of hydrogen-bond acceptors (Lipinski definition) is 3. The first kappa shape index (κ1) is 18.8. The molecule has 0 saturated carbocycles. The maximum Gasteiger partial charge on any atom is 0.410 e. The van der Waals surface area contributed by atoms with E-state index in [1.807, 2.05) is 25.7 Å². The minimum absolute atomic E-state index is 0.198. The lowest BCUT2D eigenvalue weighted by Crippen LogP contribution is -2.43. The molecule has 1 amide bonds. The van der Waals surface area contributed by atoms with Crippen LogP contribution in [0.15, 0.2) is 18.2 Å². The van der Waals surface area contributed by atoms with E-state index in [-0.39, 0.29) is 6.09 Å². The standard InChI is InChI=1S/C20H32N2O2/c1-14-10-15(2)12-17(11-14)18(13-21)16-6-8-22(9-7-16)19(23)24-20(3,4)5/h10-12,16,18H,6-9,13,21H2,1-5H3. The predicted octanol–water partition coefficient (Wildman–Crippen LogP) is 3.99. The highest BCUT2D eigenvalue weighted by Crippen LogP contribution is 2.33. The smallest absolute Gasteiger partial charge is 0.410 e. The second-order valence-corrected chi connectivity index (χ2v) is 8.07. The van der Waals surface area contributed by atoms with Crippen molar-refractivity contribution in [3.8, 4) is 0 Å². The summed E-state index contributed by atoms with van der Waals surface area (Å²) in [6, 6.07) is 6.71. The van der Waals surface area contributed by atoms with Crippen molar-refractivity contribution in [1.29, 1.82) is 0 Å². The van der Waals surface area contributed by atoms with Crippen LogP contribution in [0.1, 0.15) is 56.2 Å². The highest BCUT2D eigenvalue weighted by atomic mass is 16.6. The van der Waals surface area contributed by atoms with E-state index in [2.05, 4.69) is 32.0 Å². The fourth-order valence-electron chi connectivity index (χ4n) is 3.64.